The van der Waals surface area contributed by atoms with Gasteiger partial charge in [0.25, 0.3) is 0 Å². The Morgan fingerprint density at radius 2 is 2.00 bits per heavy atom. The number of hydrogen-bond acceptors (Lipinski definition) is 3. The van der Waals surface area contributed by atoms with E-state index in [4.69, 9.17) is 16.3 Å². The zero-order valence-corrected chi connectivity index (χ0v) is 11.9. The lowest BCUT2D eigenvalue weighted by molar-refractivity contribution is -0.175. The third kappa shape index (κ3) is 6.98. The van der Waals surface area contributed by atoms with Crippen LogP contribution in [0.15, 0.2) is 18.2 Å². The van der Waals surface area contributed by atoms with Crippen LogP contribution in [-0.4, -0.2) is 32.5 Å². The van der Waals surface area contributed by atoms with Gasteiger partial charge in [-0.3, -0.25) is 0 Å². The highest BCUT2D eigenvalue weighted by atomic mass is 35.5. The second-order valence-electron chi connectivity index (χ2n) is 4.05. The summed E-state index contributed by atoms with van der Waals surface area (Å²) in [5, 5.41) is 3.72. The first-order valence-corrected chi connectivity index (χ1v) is 6.56. The lowest BCUT2D eigenvalue weighted by atomic mass is 10.2. The highest BCUT2D eigenvalue weighted by Crippen LogP contribution is 2.23. The molecule has 0 atom stereocenters. The number of halogens is 4. The van der Waals surface area contributed by atoms with E-state index in [1.54, 1.807) is 18.2 Å². The molecule has 0 fully saturated rings. The van der Waals surface area contributed by atoms with Gasteiger partial charge in [-0.2, -0.15) is 13.2 Å². The maximum Gasteiger partial charge on any atom is 0.411 e. The monoisotopic (exact) mass is 311 g/mol. The van der Waals surface area contributed by atoms with Gasteiger partial charge in [0.1, 0.15) is 19.0 Å². The van der Waals surface area contributed by atoms with Gasteiger partial charge in [-0.25, -0.2) is 0 Å². The Morgan fingerprint density at radius 1 is 1.25 bits per heavy atom. The highest BCUT2D eigenvalue weighted by Gasteiger charge is 2.27. The molecule has 20 heavy (non-hydrogen) atoms. The molecule has 0 aliphatic heterocycles. The highest BCUT2D eigenvalue weighted by molar-refractivity contribution is 6.30. The molecule has 1 aromatic rings. The average Bonchev–Trinajstić information content (AvgIpc) is 2.36. The van der Waals surface area contributed by atoms with E-state index in [9.17, 15) is 13.2 Å². The summed E-state index contributed by atoms with van der Waals surface area (Å²) >= 11 is 5.90. The summed E-state index contributed by atoms with van der Waals surface area (Å²) in [6.45, 7) is 2.01. The molecule has 0 amide bonds. The molecule has 0 saturated carbocycles. The number of rotatable bonds is 8. The van der Waals surface area contributed by atoms with E-state index in [0.717, 1.165) is 12.1 Å². The second kappa shape index (κ2) is 8.34. The molecule has 1 N–H and O–H groups in total. The Labute approximate surface area is 121 Å². The van der Waals surface area contributed by atoms with Gasteiger partial charge in [0.15, 0.2) is 0 Å². The molecule has 0 unspecified atom stereocenters. The van der Waals surface area contributed by atoms with Crippen molar-refractivity contribution in [1.29, 1.82) is 0 Å². The van der Waals surface area contributed by atoms with Gasteiger partial charge in [0.05, 0.1) is 6.61 Å². The molecule has 0 bridgehead atoms. The minimum absolute atomic E-state index is 0.0524. The first-order chi connectivity index (χ1) is 9.42. The van der Waals surface area contributed by atoms with Crippen LogP contribution in [0.2, 0.25) is 5.02 Å². The minimum atomic E-state index is -4.31. The largest absolute Gasteiger partial charge is 0.491 e. The molecule has 7 heteroatoms. The Hall–Kier alpha value is -0.980. The fourth-order valence-corrected chi connectivity index (χ4v) is 1.68. The van der Waals surface area contributed by atoms with Crippen molar-refractivity contribution in [3.8, 4) is 5.75 Å². The molecule has 0 saturated heterocycles. The first kappa shape index (κ1) is 17.1. The topological polar surface area (TPSA) is 30.5 Å². The van der Waals surface area contributed by atoms with Crippen LogP contribution in [-0.2, 0) is 11.3 Å². The van der Waals surface area contributed by atoms with Gasteiger partial charge < -0.3 is 14.8 Å². The van der Waals surface area contributed by atoms with Crippen LogP contribution in [0, 0.1) is 0 Å². The quantitative estimate of drug-likeness (QED) is 0.746. The zero-order chi connectivity index (χ0) is 15.0. The summed E-state index contributed by atoms with van der Waals surface area (Å²) in [5.41, 5.74) is 0.857. The van der Waals surface area contributed by atoms with Crippen LogP contribution in [0.5, 0.6) is 5.75 Å². The first-order valence-electron chi connectivity index (χ1n) is 6.19. The van der Waals surface area contributed by atoms with Gasteiger partial charge in [0, 0.05) is 17.1 Å². The lowest BCUT2D eigenvalue weighted by Crippen LogP contribution is -2.20. The molecular formula is C13H17ClF3NO2. The van der Waals surface area contributed by atoms with E-state index in [1.807, 2.05) is 6.92 Å². The number of nitrogens with one attached hydrogen (secondary N) is 1. The van der Waals surface area contributed by atoms with Crippen molar-refractivity contribution in [3.63, 3.8) is 0 Å². The van der Waals surface area contributed by atoms with Crippen molar-refractivity contribution in [2.24, 2.45) is 0 Å². The molecule has 0 radical (unpaired) electrons. The van der Waals surface area contributed by atoms with Gasteiger partial charge in [-0.15, -0.1) is 0 Å². The smallest absolute Gasteiger partial charge is 0.411 e. The Kier molecular flexibility index (Phi) is 7.12. The summed E-state index contributed by atoms with van der Waals surface area (Å²) in [4.78, 5) is 0. The Morgan fingerprint density at radius 3 is 2.65 bits per heavy atom. The molecular weight excluding hydrogens is 295 g/mol. The summed E-state index contributed by atoms with van der Waals surface area (Å²) in [5.74, 6) is 0.589. The van der Waals surface area contributed by atoms with Crippen LogP contribution in [0.25, 0.3) is 0 Å². The maximum absolute atomic E-state index is 11.9. The number of benzene rings is 1. The fraction of sp³-hybridized carbons (Fsp3) is 0.538. The van der Waals surface area contributed by atoms with Gasteiger partial charge >= 0.3 is 6.18 Å². The molecule has 0 spiro atoms. The molecule has 0 aliphatic carbocycles. The van der Waals surface area contributed by atoms with E-state index >= 15 is 0 Å². The Bertz CT molecular complexity index is 413. The number of ether oxygens (including phenoxy) is 2. The summed E-state index contributed by atoms with van der Waals surface area (Å²) in [6.07, 6.45) is -4.31. The number of alkyl halides is 3. The van der Waals surface area contributed by atoms with E-state index < -0.39 is 12.8 Å². The molecule has 0 heterocycles. The van der Waals surface area contributed by atoms with Crippen molar-refractivity contribution in [1.82, 2.24) is 5.32 Å². The zero-order valence-electron chi connectivity index (χ0n) is 11.1. The Balaban J connectivity index is 2.42. The third-order valence-electron chi connectivity index (χ3n) is 2.34. The van der Waals surface area contributed by atoms with Crippen LogP contribution in [0.4, 0.5) is 13.2 Å². The van der Waals surface area contributed by atoms with Crippen molar-refractivity contribution >= 4 is 11.6 Å². The molecule has 3 nitrogen and oxygen atoms in total. The van der Waals surface area contributed by atoms with E-state index in [0.29, 0.717) is 17.3 Å². The van der Waals surface area contributed by atoms with Crippen LogP contribution >= 0.6 is 11.6 Å². The van der Waals surface area contributed by atoms with Crippen LogP contribution in [0.1, 0.15) is 12.5 Å². The summed E-state index contributed by atoms with van der Waals surface area (Å²) in [7, 11) is 0. The van der Waals surface area contributed by atoms with E-state index in [1.165, 1.54) is 0 Å². The third-order valence-corrected chi connectivity index (χ3v) is 2.57. The normalized spacial score (nSPS) is 11.7. The van der Waals surface area contributed by atoms with Crippen molar-refractivity contribution in [2.75, 3.05) is 26.4 Å². The fourth-order valence-electron chi connectivity index (χ4n) is 1.49. The van der Waals surface area contributed by atoms with Crippen molar-refractivity contribution < 1.29 is 22.6 Å². The molecule has 1 aromatic carbocycles. The van der Waals surface area contributed by atoms with Crippen LogP contribution < -0.4 is 10.1 Å². The molecule has 114 valence electrons. The van der Waals surface area contributed by atoms with Crippen molar-refractivity contribution in [3.05, 3.63) is 28.8 Å². The SMILES string of the molecule is CCNCc1cc(Cl)ccc1OCCOCC(F)(F)F. The predicted octanol–water partition coefficient (Wildman–Crippen LogP) is 3.41. The molecule has 0 aromatic heterocycles. The minimum Gasteiger partial charge on any atom is -0.491 e. The maximum atomic E-state index is 11.9. The van der Waals surface area contributed by atoms with Crippen LogP contribution in [0.3, 0.4) is 0 Å². The molecule has 1 rings (SSSR count). The summed E-state index contributed by atoms with van der Waals surface area (Å²) in [6, 6.07) is 5.12. The number of hydrogen-bond donors (Lipinski definition) is 1. The summed E-state index contributed by atoms with van der Waals surface area (Å²) < 4.78 is 45.5. The predicted molar refractivity (Wildman–Crippen MR) is 71.2 cm³/mol. The van der Waals surface area contributed by atoms with E-state index in [-0.39, 0.29) is 13.2 Å². The van der Waals surface area contributed by atoms with Gasteiger partial charge in [-0.05, 0) is 24.7 Å². The van der Waals surface area contributed by atoms with Gasteiger partial charge in [-0.1, -0.05) is 18.5 Å². The lowest BCUT2D eigenvalue weighted by Gasteiger charge is -2.13. The van der Waals surface area contributed by atoms with Crippen molar-refractivity contribution in [2.45, 2.75) is 19.6 Å². The molecule has 0 aliphatic rings. The standard InChI is InChI=1S/C13H17ClF3NO2/c1-2-18-8-10-7-11(14)3-4-12(10)20-6-5-19-9-13(15,16)17/h3-4,7,18H,2,5-6,8-9H2,1H3. The van der Waals surface area contributed by atoms with E-state index in [2.05, 4.69) is 10.1 Å². The second-order valence-corrected chi connectivity index (χ2v) is 4.49. The average molecular weight is 312 g/mol. The van der Waals surface area contributed by atoms with Gasteiger partial charge in [0.2, 0.25) is 0 Å².